The molecule has 0 heterocycles. The van der Waals surface area contributed by atoms with Crippen LogP contribution < -0.4 is 20.7 Å². The van der Waals surface area contributed by atoms with Crippen LogP contribution in [0.1, 0.15) is 18.4 Å². The van der Waals surface area contributed by atoms with Gasteiger partial charge in [-0.25, -0.2) is 0 Å². The molecule has 0 bridgehead atoms. The Hall–Kier alpha value is -3.71. The molecule has 4 aromatic rings. The van der Waals surface area contributed by atoms with Crippen molar-refractivity contribution in [1.29, 1.82) is 0 Å². The van der Waals surface area contributed by atoms with Gasteiger partial charge in [0.05, 0.1) is 5.56 Å². The number of quaternary nitrogens is 1. The van der Waals surface area contributed by atoms with Gasteiger partial charge < -0.3 is 0 Å². The van der Waals surface area contributed by atoms with Crippen LogP contribution in [0.25, 0.3) is 0 Å². The number of likely N-dealkylation sites (N-methyl/N-ethyl adjacent to an activating group) is 1. The van der Waals surface area contributed by atoms with E-state index in [1.807, 2.05) is 54.6 Å². The number of halogens is 3. The zero-order chi connectivity index (χ0) is 32.3. The van der Waals surface area contributed by atoms with Gasteiger partial charge in [-0.1, -0.05) is 0 Å². The molecule has 5 nitrogen and oxygen atoms in total. The predicted octanol–water partition coefficient (Wildman–Crippen LogP) is 6.58. The molecule has 0 amide bonds. The first-order valence-electron chi connectivity index (χ1n) is 15.1. The van der Waals surface area contributed by atoms with E-state index in [1.54, 1.807) is 0 Å². The monoisotopic (exact) mass is 640 g/mol. The molecule has 0 saturated heterocycles. The molecule has 0 aromatic heterocycles. The summed E-state index contributed by atoms with van der Waals surface area (Å²) in [6.45, 7) is -0.220. The van der Waals surface area contributed by atoms with Crippen LogP contribution in [0.15, 0.2) is 115 Å². The first-order chi connectivity index (χ1) is 21.6. The normalized spacial score (nSPS) is 13.0. The first kappa shape index (κ1) is 34.2. The molecule has 0 aliphatic carbocycles. The third kappa shape index (κ3) is 8.12. The van der Waals surface area contributed by atoms with Crippen LogP contribution in [0.3, 0.4) is 0 Å². The van der Waals surface area contributed by atoms with Crippen molar-refractivity contribution in [3.8, 4) is 5.75 Å². The molecule has 0 radical (unpaired) electrons. The van der Waals surface area contributed by atoms with E-state index in [0.29, 0.717) is 31.6 Å². The molecule has 4 rings (SSSR count). The summed E-state index contributed by atoms with van der Waals surface area (Å²) in [6.07, 6.45) is -1.93. The Morgan fingerprint density at radius 2 is 1.18 bits per heavy atom. The minimum atomic E-state index is -4.37. The molecule has 0 saturated carbocycles. The maximum absolute atomic E-state index is 12.7. The minimum absolute atomic E-state index is 0.251. The van der Waals surface area contributed by atoms with E-state index in [9.17, 15) is 18.0 Å². The van der Waals surface area contributed by atoms with E-state index in [1.165, 1.54) is 12.1 Å². The number of carbonyl (C=O) groups is 1. The van der Waals surface area contributed by atoms with Gasteiger partial charge in [0.15, 0.2) is 0 Å². The molecule has 0 atom stereocenters. The van der Waals surface area contributed by atoms with Gasteiger partial charge >= 0.3 is 221 Å². The summed E-state index contributed by atoms with van der Waals surface area (Å²) < 4.78 is 56.8. The number of nitrogens with zero attached hydrogens (tertiary/aromatic N) is 1. The number of benzene rings is 4. The van der Waals surface area contributed by atoms with E-state index in [0.717, 1.165) is 58.5 Å². The Balaban J connectivity index is 1.37. The van der Waals surface area contributed by atoms with Gasteiger partial charge in [-0.3, -0.25) is 0 Å². The second-order valence-corrected chi connectivity index (χ2v) is 16.4. The SMILES string of the molecule is C[N+](C)(CCCCP(OC=O)(c1ccccc1)(c1ccccc1)c1ccccc1)CCOCCOc1ccc(C(F)(F)F)cc1. The molecule has 9 heteroatoms. The molecule has 0 N–H and O–H groups in total. The van der Waals surface area contributed by atoms with Crippen LogP contribution in [0.5, 0.6) is 5.75 Å². The molecule has 0 unspecified atom stereocenters. The van der Waals surface area contributed by atoms with Crippen molar-refractivity contribution in [3.05, 3.63) is 121 Å². The maximum atomic E-state index is 12.7. The average molecular weight is 641 g/mol. The topological polar surface area (TPSA) is 44.8 Å². The van der Waals surface area contributed by atoms with Gasteiger partial charge in [-0.15, -0.1) is 0 Å². The molecular formula is C36H42F3NO4P+. The van der Waals surface area contributed by atoms with Gasteiger partial charge in [0.2, 0.25) is 0 Å². The Labute approximate surface area is 264 Å². The summed E-state index contributed by atoms with van der Waals surface area (Å²) in [4.78, 5) is 12.4. The zero-order valence-electron chi connectivity index (χ0n) is 25.9. The molecule has 4 aromatic carbocycles. The van der Waals surface area contributed by atoms with Crippen molar-refractivity contribution >= 4 is 29.2 Å². The predicted molar refractivity (Wildman–Crippen MR) is 176 cm³/mol. The fourth-order valence-electron chi connectivity index (χ4n) is 5.83. The summed E-state index contributed by atoms with van der Waals surface area (Å²) in [5, 5.41) is 3.07. The van der Waals surface area contributed by atoms with Crippen LogP contribution >= 0.6 is 6.83 Å². The zero-order valence-corrected chi connectivity index (χ0v) is 26.8. The summed E-state index contributed by atoms with van der Waals surface area (Å²) in [5.74, 6) is 0.375. The molecule has 45 heavy (non-hydrogen) atoms. The molecule has 240 valence electrons. The van der Waals surface area contributed by atoms with Gasteiger partial charge in [0, 0.05) is 0 Å². The fourth-order valence-corrected chi connectivity index (χ4v) is 11.4. The number of hydrogen-bond acceptors (Lipinski definition) is 4. The second-order valence-electron chi connectivity index (χ2n) is 11.7. The number of hydrogen-bond donors (Lipinski definition) is 0. The number of carbonyl (C=O) groups excluding carboxylic acids is 1. The Morgan fingerprint density at radius 1 is 0.667 bits per heavy atom. The minimum Gasteiger partial charge on any atom is -0.166 e. The van der Waals surface area contributed by atoms with Crippen molar-refractivity contribution in [1.82, 2.24) is 0 Å². The third-order valence-electron chi connectivity index (χ3n) is 8.30. The number of rotatable bonds is 17. The third-order valence-corrected chi connectivity index (χ3v) is 14.2. The molecule has 0 fully saturated rings. The molecular weight excluding hydrogens is 598 g/mol. The summed E-state index contributed by atoms with van der Waals surface area (Å²) in [7, 11) is 4.32. The van der Waals surface area contributed by atoms with E-state index in [-0.39, 0.29) is 6.61 Å². The molecule has 0 aliphatic rings. The number of ether oxygens (including phenoxy) is 2. The van der Waals surface area contributed by atoms with Crippen molar-refractivity contribution in [2.45, 2.75) is 19.0 Å². The van der Waals surface area contributed by atoms with Gasteiger partial charge in [-0.05, 0) is 24.3 Å². The van der Waals surface area contributed by atoms with Crippen LogP contribution in [0, 0.1) is 0 Å². The fraction of sp³-hybridized carbons (Fsp3) is 0.306. The smallest absolute Gasteiger partial charge is 0.166 e. The van der Waals surface area contributed by atoms with E-state index in [2.05, 4.69) is 50.5 Å². The Kier molecular flexibility index (Phi) is 11.4. The number of alkyl halides is 3. The average Bonchev–Trinajstić information content (AvgIpc) is 3.05. The first-order valence-corrected chi connectivity index (χ1v) is 17.4. The van der Waals surface area contributed by atoms with Crippen LogP contribution in [0.2, 0.25) is 0 Å². The van der Waals surface area contributed by atoms with Crippen molar-refractivity contribution in [2.24, 2.45) is 0 Å². The quantitative estimate of drug-likeness (QED) is 0.0567. The van der Waals surface area contributed by atoms with Crippen molar-refractivity contribution in [3.63, 3.8) is 0 Å². The van der Waals surface area contributed by atoms with E-state index in [4.69, 9.17) is 14.0 Å². The second kappa shape index (κ2) is 15.0. The molecule has 0 aliphatic heterocycles. The van der Waals surface area contributed by atoms with Crippen molar-refractivity contribution in [2.75, 3.05) is 53.2 Å². The summed E-state index contributed by atoms with van der Waals surface area (Å²) in [5.41, 5.74) is -0.703. The standard InChI is InChI=1S/C36H42F3NO4P/c1-40(2,25-26-42-27-28-43-32-22-20-31(21-23-32)36(37,38)39)24-12-13-29-45(44-30-41,33-14-6-3-7-15-33,34-16-8-4-9-17-34)35-18-10-5-11-19-35/h3-11,14-23,30H,12-13,24-29H2,1-2H3/q+1. The number of unbranched alkanes of at least 4 members (excludes halogenated alkanes) is 1. The summed E-state index contributed by atoms with van der Waals surface area (Å²) in [6, 6.07) is 35.1. The van der Waals surface area contributed by atoms with Gasteiger partial charge in [-0.2, -0.15) is 13.2 Å². The van der Waals surface area contributed by atoms with Crippen LogP contribution in [-0.2, 0) is 20.2 Å². The van der Waals surface area contributed by atoms with Crippen molar-refractivity contribution < 1.29 is 36.4 Å². The Morgan fingerprint density at radius 3 is 1.64 bits per heavy atom. The van der Waals surface area contributed by atoms with Gasteiger partial charge in [0.1, 0.15) is 0 Å². The Bertz CT molecular complexity index is 1370. The summed E-state index contributed by atoms with van der Waals surface area (Å²) >= 11 is 0. The molecule has 0 spiro atoms. The van der Waals surface area contributed by atoms with E-state index >= 15 is 0 Å². The van der Waals surface area contributed by atoms with Gasteiger partial charge in [0.25, 0.3) is 0 Å². The van der Waals surface area contributed by atoms with E-state index < -0.39 is 18.6 Å². The van der Waals surface area contributed by atoms with Crippen LogP contribution in [-0.4, -0.2) is 64.1 Å². The van der Waals surface area contributed by atoms with Crippen LogP contribution in [0.4, 0.5) is 13.2 Å².